The zero-order chi connectivity index (χ0) is 18.5. The molecule has 0 aromatic rings. The molecule has 0 aliphatic carbocycles. The van der Waals surface area contributed by atoms with Gasteiger partial charge in [0.25, 0.3) is 0 Å². The molecule has 1 heteroatoms. The second kappa shape index (κ2) is 12.4. The molecule has 0 rings (SSSR count). The second-order valence-corrected chi connectivity index (χ2v) is 5.91. The lowest BCUT2D eigenvalue weighted by Crippen LogP contribution is -1.95. The van der Waals surface area contributed by atoms with E-state index in [2.05, 4.69) is 49.6 Å². The average molecular weight is 324 g/mol. The summed E-state index contributed by atoms with van der Waals surface area (Å²) in [5.74, 6) is 2.68. The van der Waals surface area contributed by atoms with Crippen LogP contribution in [0.25, 0.3) is 0 Å². The van der Waals surface area contributed by atoms with Gasteiger partial charge in [-0.1, -0.05) is 50.5 Å². The van der Waals surface area contributed by atoms with Crippen molar-refractivity contribution < 1.29 is 0 Å². The minimum atomic E-state index is 0.779. The van der Waals surface area contributed by atoms with Crippen molar-refractivity contribution in [2.45, 2.75) is 67.2 Å². The Morgan fingerprint density at radius 2 is 1.83 bits per heavy atom. The molecule has 0 atom stereocenters. The van der Waals surface area contributed by atoms with Crippen LogP contribution in [0, 0.1) is 12.3 Å². The van der Waals surface area contributed by atoms with Crippen LogP contribution in [0.3, 0.4) is 0 Å². The Morgan fingerprint density at radius 1 is 1.17 bits per heavy atom. The van der Waals surface area contributed by atoms with Gasteiger partial charge in [0.15, 0.2) is 0 Å². The van der Waals surface area contributed by atoms with Gasteiger partial charge in [-0.2, -0.15) is 0 Å². The highest BCUT2D eigenvalue weighted by Crippen LogP contribution is 2.26. The van der Waals surface area contributed by atoms with Crippen LogP contribution in [0.1, 0.15) is 67.2 Å². The molecule has 0 bridgehead atoms. The van der Waals surface area contributed by atoms with Gasteiger partial charge in [-0.25, -0.2) is 0 Å². The maximum atomic E-state index is 5.46. The molecule has 0 saturated heterocycles. The molecule has 24 heavy (non-hydrogen) atoms. The fourth-order valence-electron chi connectivity index (χ4n) is 2.50. The summed E-state index contributed by atoms with van der Waals surface area (Å²) in [4.78, 5) is 4.49. The van der Waals surface area contributed by atoms with Gasteiger partial charge in [-0.15, -0.1) is 6.42 Å². The van der Waals surface area contributed by atoms with Crippen molar-refractivity contribution >= 4 is 6.21 Å². The van der Waals surface area contributed by atoms with E-state index in [1.54, 1.807) is 0 Å². The molecule has 0 saturated carbocycles. The smallest absolute Gasteiger partial charge is 0.0443 e. The third kappa shape index (κ3) is 7.97. The lowest BCUT2D eigenvalue weighted by molar-refractivity contribution is 0.856. The second-order valence-electron chi connectivity index (χ2n) is 5.91. The average Bonchev–Trinajstić information content (AvgIpc) is 2.57. The fraction of sp³-hybridized carbons (Fsp3) is 0.435. The molecular weight excluding hydrogens is 290 g/mol. The van der Waals surface area contributed by atoms with Crippen molar-refractivity contribution in [1.29, 1.82) is 0 Å². The lowest BCUT2D eigenvalue weighted by Gasteiger charge is -2.13. The van der Waals surface area contributed by atoms with Gasteiger partial charge in [0.2, 0.25) is 0 Å². The van der Waals surface area contributed by atoms with Crippen LogP contribution in [0.4, 0.5) is 0 Å². The van der Waals surface area contributed by atoms with Crippen LogP contribution in [-0.2, 0) is 0 Å². The molecule has 0 radical (unpaired) electrons. The monoisotopic (exact) mass is 323 g/mol. The largest absolute Gasteiger partial charge is 0.266 e. The van der Waals surface area contributed by atoms with E-state index in [4.69, 9.17) is 6.42 Å². The first-order valence-electron chi connectivity index (χ1n) is 8.80. The molecule has 1 nitrogen and oxygen atoms in total. The third-order valence-corrected chi connectivity index (χ3v) is 3.89. The SMILES string of the molecule is C#C/C(C)=C\C(=C/C)CC(=C)C(/C=C(/CC)CCC)=C(/C)N=CC. The van der Waals surface area contributed by atoms with E-state index in [0.717, 1.165) is 48.1 Å². The van der Waals surface area contributed by atoms with E-state index in [1.165, 1.54) is 11.1 Å². The first kappa shape index (κ1) is 21.9. The molecule has 0 fully saturated rings. The number of hydrogen-bond acceptors (Lipinski definition) is 1. The highest BCUT2D eigenvalue weighted by Gasteiger charge is 2.08. The Labute approximate surface area is 149 Å². The van der Waals surface area contributed by atoms with E-state index in [0.29, 0.717) is 0 Å². The molecule has 0 aliphatic rings. The number of terminal acetylenes is 1. The van der Waals surface area contributed by atoms with Crippen molar-refractivity contribution in [3.05, 3.63) is 58.4 Å². The van der Waals surface area contributed by atoms with Crippen LogP contribution in [0.2, 0.25) is 0 Å². The number of nitrogens with zero attached hydrogens (tertiary/aromatic N) is 1. The van der Waals surface area contributed by atoms with Crippen molar-refractivity contribution in [1.82, 2.24) is 0 Å². The predicted octanol–water partition coefficient (Wildman–Crippen LogP) is 6.96. The Balaban J connectivity index is 5.73. The van der Waals surface area contributed by atoms with Crippen molar-refractivity contribution in [3.63, 3.8) is 0 Å². The van der Waals surface area contributed by atoms with E-state index >= 15 is 0 Å². The molecule has 0 spiro atoms. The summed E-state index contributed by atoms with van der Waals surface area (Å²) in [6.45, 7) is 16.7. The van der Waals surface area contributed by atoms with Crippen molar-refractivity contribution in [2.75, 3.05) is 0 Å². The molecule has 0 N–H and O–H groups in total. The molecule has 0 aromatic carbocycles. The van der Waals surface area contributed by atoms with Gasteiger partial charge >= 0.3 is 0 Å². The van der Waals surface area contributed by atoms with Crippen molar-refractivity contribution in [3.8, 4) is 12.3 Å². The predicted molar refractivity (Wildman–Crippen MR) is 110 cm³/mol. The van der Waals surface area contributed by atoms with Crippen LogP contribution in [-0.4, -0.2) is 6.21 Å². The minimum absolute atomic E-state index is 0.779. The number of hydrogen-bond donors (Lipinski definition) is 0. The first-order valence-corrected chi connectivity index (χ1v) is 8.80. The number of aliphatic imine (C=N–C) groups is 1. The Kier molecular flexibility index (Phi) is 11.3. The van der Waals surface area contributed by atoms with Crippen LogP contribution in [0.5, 0.6) is 0 Å². The summed E-state index contributed by atoms with van der Waals surface area (Å²) in [7, 11) is 0. The topological polar surface area (TPSA) is 12.4 Å². The summed E-state index contributed by atoms with van der Waals surface area (Å²) in [6.07, 6.45) is 17.8. The van der Waals surface area contributed by atoms with E-state index < -0.39 is 0 Å². The molecule has 130 valence electrons. The van der Waals surface area contributed by atoms with Gasteiger partial charge in [0.05, 0.1) is 0 Å². The zero-order valence-electron chi connectivity index (χ0n) is 16.4. The van der Waals surface area contributed by atoms with Gasteiger partial charge in [0, 0.05) is 11.9 Å². The van der Waals surface area contributed by atoms with Crippen LogP contribution >= 0.6 is 0 Å². The highest BCUT2D eigenvalue weighted by molar-refractivity contribution is 5.57. The van der Waals surface area contributed by atoms with Gasteiger partial charge < -0.3 is 0 Å². The molecular formula is C23H33N. The molecule has 0 aromatic heterocycles. The standard InChI is InChI=1S/C23H33N/c1-9-14-21(11-3)17-23(20(8)24-13-5)19(7)16-22(12-4)15-18(6)10-2/h2,12-13,15,17H,7,9,11,14,16H2,1,3-6,8H3/b18-15-,21-17-,22-12+,23-20-,24-13?. The minimum Gasteiger partial charge on any atom is -0.266 e. The molecule has 0 unspecified atom stereocenters. The molecule has 0 amide bonds. The van der Waals surface area contributed by atoms with Crippen molar-refractivity contribution in [2.24, 2.45) is 4.99 Å². The normalized spacial score (nSPS) is 14.6. The Bertz CT molecular complexity index is 613. The summed E-state index contributed by atoms with van der Waals surface area (Å²) in [5.41, 5.74) is 6.79. The van der Waals surface area contributed by atoms with Crippen LogP contribution < -0.4 is 0 Å². The summed E-state index contributed by atoms with van der Waals surface area (Å²) < 4.78 is 0. The molecule has 0 heterocycles. The Hall–Kier alpha value is -2.07. The van der Waals surface area contributed by atoms with Gasteiger partial charge in [0.1, 0.15) is 0 Å². The maximum absolute atomic E-state index is 5.46. The lowest BCUT2D eigenvalue weighted by atomic mass is 9.94. The van der Waals surface area contributed by atoms with Crippen LogP contribution in [0.15, 0.2) is 63.4 Å². The van der Waals surface area contributed by atoms with Gasteiger partial charge in [-0.3, -0.25) is 4.99 Å². The third-order valence-electron chi connectivity index (χ3n) is 3.89. The van der Waals surface area contributed by atoms with E-state index in [1.807, 2.05) is 33.9 Å². The van der Waals surface area contributed by atoms with E-state index in [-0.39, 0.29) is 0 Å². The fourth-order valence-corrected chi connectivity index (χ4v) is 2.50. The number of allylic oxidation sites excluding steroid dienone is 9. The maximum Gasteiger partial charge on any atom is 0.0443 e. The number of rotatable bonds is 9. The summed E-state index contributed by atoms with van der Waals surface area (Å²) in [6, 6.07) is 0. The summed E-state index contributed by atoms with van der Waals surface area (Å²) >= 11 is 0. The Morgan fingerprint density at radius 3 is 2.29 bits per heavy atom. The quantitative estimate of drug-likeness (QED) is 0.247. The van der Waals surface area contributed by atoms with E-state index in [9.17, 15) is 0 Å². The van der Waals surface area contributed by atoms with Gasteiger partial charge in [-0.05, 0) is 75.3 Å². The molecule has 0 aliphatic heterocycles. The first-order chi connectivity index (χ1) is 11.4. The summed E-state index contributed by atoms with van der Waals surface area (Å²) in [5, 5.41) is 0. The highest BCUT2D eigenvalue weighted by atomic mass is 14.7. The zero-order valence-corrected chi connectivity index (χ0v) is 16.4.